The number of nitro benzene ring substituents is 1. The van der Waals surface area contributed by atoms with Gasteiger partial charge in [0.1, 0.15) is 5.69 Å². The van der Waals surface area contributed by atoms with E-state index in [0.717, 1.165) is 12.8 Å². The van der Waals surface area contributed by atoms with Crippen LogP contribution in [0.25, 0.3) is 0 Å². The summed E-state index contributed by atoms with van der Waals surface area (Å²) in [6.45, 7) is 0.185. The third-order valence-electron chi connectivity index (χ3n) is 3.79. The molecule has 0 atom stereocenters. The number of nitro groups is 1. The van der Waals surface area contributed by atoms with Crippen LogP contribution in [0.5, 0.6) is 0 Å². The van der Waals surface area contributed by atoms with Crippen LogP contribution in [0.4, 0.5) is 11.4 Å². The lowest BCUT2D eigenvalue weighted by Crippen LogP contribution is -2.35. The number of aliphatic carboxylic acids is 1. The second-order valence-electron chi connectivity index (χ2n) is 5.06. The molecule has 0 spiro atoms. The lowest BCUT2D eigenvalue weighted by Gasteiger charge is -2.24. The zero-order valence-corrected chi connectivity index (χ0v) is 11.5. The van der Waals surface area contributed by atoms with Gasteiger partial charge >= 0.3 is 5.97 Å². The smallest absolute Gasteiger partial charge is 0.311 e. The van der Waals surface area contributed by atoms with E-state index in [4.69, 9.17) is 11.6 Å². The molecule has 1 fully saturated rings. The summed E-state index contributed by atoms with van der Waals surface area (Å²) in [5.41, 5.74) is -0.670. The first-order chi connectivity index (χ1) is 9.44. The Hall–Kier alpha value is -1.82. The van der Waals surface area contributed by atoms with Gasteiger partial charge in [-0.25, -0.2) is 0 Å². The van der Waals surface area contributed by atoms with E-state index in [1.54, 1.807) is 6.07 Å². The molecular formula is C13H15ClN2O4. The summed E-state index contributed by atoms with van der Waals surface area (Å²) in [6, 6.07) is 4.30. The van der Waals surface area contributed by atoms with Crippen LogP contribution < -0.4 is 5.32 Å². The molecule has 2 rings (SSSR count). The van der Waals surface area contributed by atoms with Crippen LogP contribution in [-0.2, 0) is 4.79 Å². The van der Waals surface area contributed by atoms with E-state index in [9.17, 15) is 20.0 Å². The van der Waals surface area contributed by atoms with Crippen molar-refractivity contribution in [1.82, 2.24) is 0 Å². The predicted molar refractivity (Wildman–Crippen MR) is 75.1 cm³/mol. The number of hydrogen-bond acceptors (Lipinski definition) is 4. The van der Waals surface area contributed by atoms with Crippen LogP contribution in [0.1, 0.15) is 25.7 Å². The van der Waals surface area contributed by atoms with Crippen molar-refractivity contribution in [2.24, 2.45) is 5.41 Å². The van der Waals surface area contributed by atoms with E-state index >= 15 is 0 Å². The van der Waals surface area contributed by atoms with E-state index in [-0.39, 0.29) is 17.3 Å². The maximum atomic E-state index is 11.4. The highest BCUT2D eigenvalue weighted by molar-refractivity contribution is 6.30. The van der Waals surface area contributed by atoms with Gasteiger partial charge in [-0.15, -0.1) is 0 Å². The largest absolute Gasteiger partial charge is 0.481 e. The van der Waals surface area contributed by atoms with Gasteiger partial charge in [-0.1, -0.05) is 24.4 Å². The number of hydrogen-bond donors (Lipinski definition) is 2. The SMILES string of the molecule is O=C(O)C1(CNc2ccc(Cl)cc2[N+](=O)[O-])CCCC1. The topological polar surface area (TPSA) is 92.5 Å². The molecule has 108 valence electrons. The van der Waals surface area contributed by atoms with E-state index in [1.165, 1.54) is 12.1 Å². The Morgan fingerprint density at radius 1 is 1.45 bits per heavy atom. The number of benzene rings is 1. The van der Waals surface area contributed by atoms with Gasteiger partial charge in [-0.3, -0.25) is 14.9 Å². The minimum Gasteiger partial charge on any atom is -0.481 e. The lowest BCUT2D eigenvalue weighted by atomic mass is 9.86. The number of carboxylic acids is 1. The number of rotatable bonds is 5. The minimum atomic E-state index is -0.848. The third-order valence-corrected chi connectivity index (χ3v) is 4.02. The maximum Gasteiger partial charge on any atom is 0.311 e. The molecular weight excluding hydrogens is 284 g/mol. The Morgan fingerprint density at radius 2 is 2.10 bits per heavy atom. The minimum absolute atomic E-state index is 0.143. The van der Waals surface area contributed by atoms with Crippen LogP contribution in [-0.4, -0.2) is 22.5 Å². The lowest BCUT2D eigenvalue weighted by molar-refractivity contribution is -0.384. The van der Waals surface area contributed by atoms with Crippen molar-refractivity contribution in [2.45, 2.75) is 25.7 Å². The predicted octanol–water partition coefficient (Wildman–Crippen LogP) is 3.31. The second-order valence-corrected chi connectivity index (χ2v) is 5.50. The fourth-order valence-electron chi connectivity index (χ4n) is 2.59. The van der Waals surface area contributed by atoms with E-state index in [1.807, 2.05) is 0 Å². The molecule has 0 bridgehead atoms. The summed E-state index contributed by atoms with van der Waals surface area (Å²) in [7, 11) is 0. The van der Waals surface area contributed by atoms with E-state index in [0.29, 0.717) is 18.5 Å². The Balaban J connectivity index is 2.18. The molecule has 2 N–H and O–H groups in total. The molecule has 1 aromatic rings. The van der Waals surface area contributed by atoms with Crippen molar-refractivity contribution in [3.63, 3.8) is 0 Å². The van der Waals surface area contributed by atoms with Crippen LogP contribution in [0.2, 0.25) is 5.02 Å². The molecule has 0 radical (unpaired) electrons. The molecule has 1 saturated carbocycles. The highest BCUT2D eigenvalue weighted by atomic mass is 35.5. The van der Waals surface area contributed by atoms with Gasteiger partial charge in [0.15, 0.2) is 0 Å². The highest BCUT2D eigenvalue weighted by Gasteiger charge is 2.41. The Labute approximate surface area is 120 Å². The first kappa shape index (κ1) is 14.6. The van der Waals surface area contributed by atoms with Gasteiger partial charge in [0.25, 0.3) is 5.69 Å². The zero-order chi connectivity index (χ0) is 14.8. The summed E-state index contributed by atoms with van der Waals surface area (Å²) in [6.07, 6.45) is 2.93. The Bertz CT molecular complexity index is 541. The van der Waals surface area contributed by atoms with Gasteiger partial charge in [-0.2, -0.15) is 0 Å². The number of halogens is 1. The maximum absolute atomic E-state index is 11.4. The molecule has 0 aromatic heterocycles. The van der Waals surface area contributed by atoms with Gasteiger partial charge in [-0.05, 0) is 25.0 Å². The van der Waals surface area contributed by atoms with Gasteiger partial charge in [0, 0.05) is 17.6 Å². The Morgan fingerprint density at radius 3 is 2.65 bits per heavy atom. The molecule has 0 unspecified atom stereocenters. The van der Waals surface area contributed by atoms with Crippen molar-refractivity contribution in [2.75, 3.05) is 11.9 Å². The summed E-state index contributed by atoms with van der Waals surface area (Å²) >= 11 is 5.74. The molecule has 7 heteroatoms. The van der Waals surface area contributed by atoms with Gasteiger partial charge in [0.05, 0.1) is 10.3 Å². The molecule has 0 amide bonds. The number of carboxylic acid groups (broad SMARTS) is 1. The normalized spacial score (nSPS) is 16.9. The van der Waals surface area contributed by atoms with Crippen molar-refractivity contribution in [3.05, 3.63) is 33.3 Å². The zero-order valence-electron chi connectivity index (χ0n) is 10.8. The standard InChI is InChI=1S/C13H15ClN2O4/c14-9-3-4-10(11(7-9)16(19)20)15-8-13(12(17)18)5-1-2-6-13/h3-4,7,15H,1-2,5-6,8H2,(H,17,18). The van der Waals surface area contributed by atoms with Gasteiger partial charge < -0.3 is 10.4 Å². The summed E-state index contributed by atoms with van der Waals surface area (Å²) in [5, 5.41) is 23.5. The highest BCUT2D eigenvalue weighted by Crippen LogP contribution is 2.39. The summed E-state index contributed by atoms with van der Waals surface area (Å²) in [4.78, 5) is 21.9. The van der Waals surface area contributed by atoms with Crippen molar-refractivity contribution < 1.29 is 14.8 Å². The first-order valence-corrected chi connectivity index (χ1v) is 6.74. The van der Waals surface area contributed by atoms with E-state index in [2.05, 4.69) is 5.32 Å². The van der Waals surface area contributed by atoms with Crippen LogP contribution in [0.15, 0.2) is 18.2 Å². The molecule has 1 aliphatic rings. The van der Waals surface area contributed by atoms with E-state index < -0.39 is 16.3 Å². The van der Waals surface area contributed by atoms with Gasteiger partial charge in [0.2, 0.25) is 0 Å². The quantitative estimate of drug-likeness (QED) is 0.642. The average molecular weight is 299 g/mol. The molecule has 0 saturated heterocycles. The first-order valence-electron chi connectivity index (χ1n) is 6.36. The summed E-state index contributed by atoms with van der Waals surface area (Å²) < 4.78 is 0. The fraction of sp³-hybridized carbons (Fsp3) is 0.462. The number of nitrogens with one attached hydrogen (secondary N) is 1. The number of carbonyl (C=O) groups is 1. The fourth-order valence-corrected chi connectivity index (χ4v) is 2.75. The van der Waals surface area contributed by atoms with Crippen LogP contribution >= 0.6 is 11.6 Å². The van der Waals surface area contributed by atoms with Crippen molar-refractivity contribution in [1.29, 1.82) is 0 Å². The number of anilines is 1. The second kappa shape index (κ2) is 5.66. The summed E-state index contributed by atoms with van der Waals surface area (Å²) in [5.74, 6) is -0.848. The molecule has 0 heterocycles. The monoisotopic (exact) mass is 298 g/mol. The van der Waals surface area contributed by atoms with Crippen molar-refractivity contribution in [3.8, 4) is 0 Å². The third kappa shape index (κ3) is 2.85. The molecule has 1 aliphatic carbocycles. The molecule has 0 aliphatic heterocycles. The Kier molecular flexibility index (Phi) is 4.13. The van der Waals surface area contributed by atoms with Crippen molar-refractivity contribution >= 4 is 28.9 Å². The molecule has 6 nitrogen and oxygen atoms in total. The average Bonchev–Trinajstić information content (AvgIpc) is 2.87. The van der Waals surface area contributed by atoms with Crippen LogP contribution in [0.3, 0.4) is 0 Å². The number of nitrogens with zero attached hydrogens (tertiary/aromatic N) is 1. The van der Waals surface area contributed by atoms with Crippen LogP contribution in [0, 0.1) is 15.5 Å². The molecule has 20 heavy (non-hydrogen) atoms. The molecule has 1 aromatic carbocycles.